The average molecular weight is 671 g/mol. The molecule has 0 aliphatic heterocycles. The van der Waals surface area contributed by atoms with Crippen LogP contribution in [0.5, 0.6) is 0 Å². The molecule has 9 aromatic rings. The van der Waals surface area contributed by atoms with Gasteiger partial charge >= 0.3 is 0 Å². The van der Waals surface area contributed by atoms with Crippen LogP contribution in [0.4, 0.5) is 0 Å². The predicted molar refractivity (Wildman–Crippen MR) is 206 cm³/mol. The summed E-state index contributed by atoms with van der Waals surface area (Å²) in [6, 6.07) is -23.6. The quantitative estimate of drug-likeness (QED) is 0.146. The van der Waals surface area contributed by atoms with Crippen LogP contribution in [0, 0.1) is 5.41 Å². The van der Waals surface area contributed by atoms with E-state index in [1.807, 2.05) is 0 Å². The van der Waals surface area contributed by atoms with Gasteiger partial charge in [-0.3, -0.25) is 5.41 Å². The maximum atomic E-state index is 9.53. The summed E-state index contributed by atoms with van der Waals surface area (Å²) < 4.78 is 245. The molecule has 2 aromatic heterocycles. The molecule has 0 aliphatic carbocycles. The zero-order valence-electron chi connectivity index (χ0n) is 51.8. The molecular weight excluding hydrogens is 615 g/mol. The fourth-order valence-corrected chi connectivity index (χ4v) is 4.93. The van der Waals surface area contributed by atoms with Gasteiger partial charge in [0.15, 0.2) is 11.7 Å². The van der Waals surface area contributed by atoms with Crippen molar-refractivity contribution in [2.75, 3.05) is 0 Å². The number of nitrogens with zero attached hydrogens (tertiary/aromatic N) is 2. The van der Waals surface area contributed by atoms with Crippen LogP contribution in [0.25, 0.3) is 66.1 Å². The second-order valence-electron chi connectivity index (χ2n) is 10.1. The standard InChI is InChI=1S/C45H29N3O2/c46-44(32-23-21-30(22-24-32)29-11-3-1-4-12-29)48-45(47-28-34-15-9-18-37-36-16-7-8-19-39(36)50-43(34)37)33-25-26-38-41(27-33)49-40-20-10-17-35(42(38)40)31-13-5-2-6-14-31/h1-28,46H/i1D,2D,3D,4D,5D,6D,7D,8D,9D,10D,11D,12D,13D,14D,15D,16D,17D,18D,19D,20D,21D,22D,23D,24D,25D,26D,27D. The van der Waals surface area contributed by atoms with Crippen molar-refractivity contribution in [1.82, 2.24) is 0 Å². The molecule has 0 aliphatic rings. The summed E-state index contributed by atoms with van der Waals surface area (Å²) in [5, 5.41) is 7.40. The van der Waals surface area contributed by atoms with Crippen molar-refractivity contribution in [1.29, 1.82) is 5.41 Å². The van der Waals surface area contributed by atoms with Crippen LogP contribution in [-0.2, 0) is 0 Å². The number of amidine groups is 2. The van der Waals surface area contributed by atoms with Crippen molar-refractivity contribution in [2.45, 2.75) is 0 Å². The molecule has 5 heteroatoms. The summed E-state index contributed by atoms with van der Waals surface area (Å²) in [7, 11) is 0. The molecule has 0 radical (unpaired) electrons. The van der Waals surface area contributed by atoms with Crippen LogP contribution in [0.15, 0.2) is 182 Å². The molecule has 236 valence electrons. The van der Waals surface area contributed by atoms with Crippen molar-refractivity contribution >= 4 is 61.8 Å². The Hall–Kier alpha value is -6.85. The van der Waals surface area contributed by atoms with Gasteiger partial charge in [0.25, 0.3) is 0 Å². The minimum atomic E-state index is -1.24. The summed E-state index contributed by atoms with van der Waals surface area (Å²) in [6.07, 6.45) is 0.701. The molecule has 50 heavy (non-hydrogen) atoms. The molecule has 7 aromatic carbocycles. The van der Waals surface area contributed by atoms with Crippen LogP contribution in [0.2, 0.25) is 0 Å². The molecule has 0 spiro atoms. The lowest BCUT2D eigenvalue weighted by Crippen LogP contribution is -2.04. The lowest BCUT2D eigenvalue weighted by Gasteiger charge is -2.06. The van der Waals surface area contributed by atoms with Gasteiger partial charge in [0.05, 0.1) is 37.0 Å². The third-order valence-corrected chi connectivity index (χ3v) is 7.16. The number of rotatable bonds is 5. The smallest absolute Gasteiger partial charge is 0.161 e. The van der Waals surface area contributed by atoms with Crippen LogP contribution in [0.1, 0.15) is 53.7 Å². The van der Waals surface area contributed by atoms with Crippen molar-refractivity contribution in [3.05, 3.63) is 180 Å². The van der Waals surface area contributed by atoms with E-state index in [0.29, 0.717) is 6.21 Å². The Morgan fingerprint density at radius 3 is 2.02 bits per heavy atom. The van der Waals surface area contributed by atoms with Gasteiger partial charge in [-0.1, -0.05) is 133 Å². The molecule has 1 N–H and O–H groups in total. The zero-order valence-corrected chi connectivity index (χ0v) is 24.8. The lowest BCUT2D eigenvalue weighted by molar-refractivity contribution is 0.668. The Morgan fingerprint density at radius 1 is 0.540 bits per heavy atom. The van der Waals surface area contributed by atoms with E-state index in [1.54, 1.807) is 0 Å². The van der Waals surface area contributed by atoms with E-state index in [4.69, 9.17) is 41.7 Å². The van der Waals surface area contributed by atoms with E-state index in [1.165, 1.54) is 0 Å². The lowest BCUT2D eigenvalue weighted by atomic mass is 9.99. The maximum Gasteiger partial charge on any atom is 0.161 e. The number of benzene rings is 7. The number of nitrogens with one attached hydrogen (secondary N) is 1. The Bertz CT molecular complexity index is 4240. The van der Waals surface area contributed by atoms with Crippen LogP contribution >= 0.6 is 0 Å². The first-order valence-corrected chi connectivity index (χ1v) is 14.3. The zero-order chi connectivity index (χ0) is 56.9. The summed E-state index contributed by atoms with van der Waals surface area (Å²) in [4.78, 5) is 8.39. The monoisotopic (exact) mass is 670 g/mol. The molecule has 0 unspecified atom stereocenters. The van der Waals surface area contributed by atoms with Crippen molar-refractivity contribution in [3.8, 4) is 22.3 Å². The fourth-order valence-electron chi connectivity index (χ4n) is 4.93. The highest BCUT2D eigenvalue weighted by atomic mass is 16.3. The van der Waals surface area contributed by atoms with Crippen molar-refractivity contribution in [3.63, 3.8) is 0 Å². The topological polar surface area (TPSA) is 74.8 Å². The molecule has 0 saturated carbocycles. The summed E-state index contributed by atoms with van der Waals surface area (Å²) in [5.74, 6) is -2.26. The Morgan fingerprint density at radius 2 is 1.20 bits per heavy atom. The third kappa shape index (κ3) is 5.27. The van der Waals surface area contributed by atoms with E-state index in [-0.39, 0.29) is 10.8 Å². The molecule has 2 heterocycles. The van der Waals surface area contributed by atoms with Gasteiger partial charge in [0.1, 0.15) is 22.3 Å². The first-order valence-electron chi connectivity index (χ1n) is 27.8. The number of para-hydroxylation sites is 2. The highest BCUT2D eigenvalue weighted by molar-refractivity contribution is 6.18. The van der Waals surface area contributed by atoms with E-state index in [9.17, 15) is 9.52 Å². The van der Waals surface area contributed by atoms with Gasteiger partial charge in [0.2, 0.25) is 0 Å². The fraction of sp³-hybridized carbons (Fsp3) is 0. The summed E-state index contributed by atoms with van der Waals surface area (Å²) >= 11 is 0. The molecule has 9 rings (SSSR count). The molecule has 0 bridgehead atoms. The first kappa shape index (κ1) is 12.6. The van der Waals surface area contributed by atoms with Gasteiger partial charge in [-0.25, -0.2) is 9.98 Å². The van der Waals surface area contributed by atoms with Gasteiger partial charge in [-0.15, -0.1) is 0 Å². The summed E-state index contributed by atoms with van der Waals surface area (Å²) in [5.41, 5.74) is -7.51. The van der Waals surface area contributed by atoms with Gasteiger partial charge in [-0.2, -0.15) is 0 Å². The van der Waals surface area contributed by atoms with E-state index >= 15 is 0 Å². The second-order valence-corrected chi connectivity index (χ2v) is 10.1. The van der Waals surface area contributed by atoms with Gasteiger partial charge < -0.3 is 8.83 Å². The normalized spacial score (nSPS) is 19.7. The third-order valence-electron chi connectivity index (χ3n) is 7.16. The van der Waals surface area contributed by atoms with E-state index in [2.05, 4.69) is 9.98 Å². The molecule has 0 atom stereocenters. The first-order chi connectivity index (χ1) is 35.9. The number of furan rings is 2. The predicted octanol–water partition coefficient (Wildman–Crippen LogP) is 11.7. The molecule has 0 fully saturated rings. The van der Waals surface area contributed by atoms with Crippen molar-refractivity contribution < 1.29 is 45.8 Å². The van der Waals surface area contributed by atoms with Gasteiger partial charge in [0, 0.05) is 44.4 Å². The van der Waals surface area contributed by atoms with Crippen molar-refractivity contribution in [2.24, 2.45) is 9.98 Å². The Kier molecular flexibility index (Phi) is 3.09. The van der Waals surface area contributed by atoms with Crippen LogP contribution < -0.4 is 0 Å². The van der Waals surface area contributed by atoms with Gasteiger partial charge in [-0.05, 0) is 52.5 Å². The molecule has 0 saturated heterocycles. The average Bonchev–Trinajstić information content (AvgIpc) is 4.00. The second kappa shape index (κ2) is 12.3. The molecule has 0 amide bonds. The summed E-state index contributed by atoms with van der Waals surface area (Å²) in [6.45, 7) is 0. The molecular formula is C45H29N3O2. The number of fused-ring (bicyclic) bond motifs is 6. The number of aliphatic imine (C=N–C) groups is 2. The van der Waals surface area contributed by atoms with Crippen LogP contribution in [0.3, 0.4) is 0 Å². The molecule has 5 nitrogen and oxygen atoms in total. The number of hydrogen-bond donors (Lipinski definition) is 1. The highest BCUT2D eigenvalue weighted by Gasteiger charge is 2.16. The minimum Gasteiger partial charge on any atom is -0.456 e. The Balaban J connectivity index is 1.38. The van der Waals surface area contributed by atoms with Crippen LogP contribution in [-0.4, -0.2) is 17.9 Å². The SMILES string of the molecule is [2H]c1c([2H])c([2H])c(-c2c([2H])c([2H])c(C(=N)N=C(N=Cc3c([2H])c([2H])c([2H])c4c3oc3c([2H])c([2H])c([2H])c([2H])c34)c3c([2H])c([2H])c4c(oc5c([2H])c([2H])c([2H])c(-c6c([2H])c([2H])c([2H])c([2H])c6[2H])c54)c3[2H])c([2H])c2[2H])c([2H])c1[2H]. The largest absolute Gasteiger partial charge is 0.456 e. The maximum absolute atomic E-state index is 9.53. The van der Waals surface area contributed by atoms with E-state index < -0.39 is 247 Å². The van der Waals surface area contributed by atoms with E-state index in [0.717, 1.165) is 0 Å². The highest BCUT2D eigenvalue weighted by Crippen LogP contribution is 2.37. The number of hydrogen-bond acceptors (Lipinski definition) is 3. The Labute approximate surface area is 325 Å². The minimum absolute atomic E-state index is 0.357.